The van der Waals surface area contributed by atoms with Crippen LogP contribution in [0.5, 0.6) is 0 Å². The Hall–Kier alpha value is -8.74. The van der Waals surface area contributed by atoms with E-state index in [-0.39, 0.29) is 0 Å². The van der Waals surface area contributed by atoms with Crippen LogP contribution in [-0.2, 0) is 0 Å². The van der Waals surface area contributed by atoms with Gasteiger partial charge in [0, 0.05) is 68.8 Å². The zero-order valence-electron chi connectivity index (χ0n) is 38.1. The molecule has 0 fully saturated rings. The summed E-state index contributed by atoms with van der Waals surface area (Å²) >= 11 is 3.75. The maximum Gasteiger partial charge on any atom is 0.143 e. The van der Waals surface area contributed by atoms with Crippen molar-refractivity contribution in [3.8, 4) is 44.8 Å². The molecule has 0 bridgehead atoms. The van der Waals surface area contributed by atoms with Crippen molar-refractivity contribution < 1.29 is 4.42 Å². The Kier molecular flexibility index (Phi) is 8.20. The number of hydrogen-bond donors (Lipinski definition) is 0. The van der Waals surface area contributed by atoms with Crippen LogP contribution in [0.3, 0.4) is 0 Å². The van der Waals surface area contributed by atoms with Crippen molar-refractivity contribution in [1.29, 1.82) is 0 Å². The lowest BCUT2D eigenvalue weighted by molar-refractivity contribution is 0.670. The number of benzene rings is 11. The highest BCUT2D eigenvalue weighted by Crippen LogP contribution is 2.46. The average molecular weight is 939 g/mol. The van der Waals surface area contributed by atoms with Gasteiger partial charge in [0.2, 0.25) is 0 Å². The summed E-state index contributed by atoms with van der Waals surface area (Å²) in [4.78, 5) is 0. The summed E-state index contributed by atoms with van der Waals surface area (Å²) in [5.41, 5.74) is 15.8. The molecule has 0 N–H and O–H groups in total. The van der Waals surface area contributed by atoms with Gasteiger partial charge in [-0.2, -0.15) is 0 Å². The van der Waals surface area contributed by atoms with E-state index in [1.165, 1.54) is 95.3 Å². The Morgan fingerprint density at radius 1 is 0.282 bits per heavy atom. The minimum atomic E-state index is 0.895. The topological polar surface area (TPSA) is 23.0 Å². The second-order valence-electron chi connectivity index (χ2n) is 18.8. The predicted octanol–water partition coefficient (Wildman–Crippen LogP) is 19.5. The molecule has 3 nitrogen and oxygen atoms in total. The molecule has 330 valence electrons. The molecule has 0 spiro atoms. The first-order valence-corrected chi connectivity index (χ1v) is 25.8. The number of aromatic nitrogens is 2. The molecule has 0 unspecified atom stereocenters. The summed E-state index contributed by atoms with van der Waals surface area (Å²) in [7, 11) is 0. The van der Waals surface area contributed by atoms with Crippen LogP contribution >= 0.6 is 22.7 Å². The van der Waals surface area contributed by atoms with Crippen molar-refractivity contribution >= 4 is 129 Å². The number of nitrogens with zero attached hydrogens (tertiary/aromatic N) is 2. The third-order valence-electron chi connectivity index (χ3n) is 14.9. The monoisotopic (exact) mass is 938 g/mol. The van der Waals surface area contributed by atoms with Gasteiger partial charge in [-0.3, -0.25) is 0 Å². The molecule has 0 aliphatic heterocycles. The van der Waals surface area contributed by atoms with Gasteiger partial charge in [0.15, 0.2) is 0 Å². The Morgan fingerprint density at radius 2 is 0.761 bits per heavy atom. The van der Waals surface area contributed by atoms with Gasteiger partial charge >= 0.3 is 0 Å². The van der Waals surface area contributed by atoms with Gasteiger partial charge in [0.25, 0.3) is 0 Å². The van der Waals surface area contributed by atoms with Crippen molar-refractivity contribution in [1.82, 2.24) is 9.13 Å². The average Bonchev–Trinajstić information content (AvgIpc) is 4.25. The van der Waals surface area contributed by atoms with Gasteiger partial charge in [-0.1, -0.05) is 152 Å². The number of rotatable bonds is 5. The molecule has 5 heteroatoms. The smallest absolute Gasteiger partial charge is 0.143 e. The van der Waals surface area contributed by atoms with Crippen LogP contribution < -0.4 is 0 Å². The summed E-state index contributed by atoms with van der Waals surface area (Å²) in [5.74, 6) is 0. The van der Waals surface area contributed by atoms with Crippen LogP contribution in [0.4, 0.5) is 0 Å². The second-order valence-corrected chi connectivity index (χ2v) is 20.9. The van der Waals surface area contributed by atoms with Crippen molar-refractivity contribution in [2.45, 2.75) is 0 Å². The molecule has 0 saturated carbocycles. The van der Waals surface area contributed by atoms with E-state index in [0.717, 1.165) is 55.3 Å². The summed E-state index contributed by atoms with van der Waals surface area (Å²) in [5, 5.41) is 12.4. The second kappa shape index (κ2) is 14.9. The van der Waals surface area contributed by atoms with Crippen molar-refractivity contribution in [2.24, 2.45) is 0 Å². The summed E-state index contributed by atoms with van der Waals surface area (Å²) in [6.45, 7) is 0. The van der Waals surface area contributed by atoms with E-state index in [1.54, 1.807) is 0 Å². The molecule has 5 aromatic heterocycles. The first-order valence-electron chi connectivity index (χ1n) is 24.1. The number of fused-ring (bicyclic) bond motifs is 15. The number of thiophene rings is 2. The van der Waals surface area contributed by atoms with Gasteiger partial charge in [-0.25, -0.2) is 0 Å². The van der Waals surface area contributed by atoms with Crippen LogP contribution in [-0.4, -0.2) is 9.13 Å². The van der Waals surface area contributed by atoms with Crippen LogP contribution in [0.25, 0.3) is 151 Å². The maximum atomic E-state index is 6.74. The minimum absolute atomic E-state index is 0.895. The fourth-order valence-electron chi connectivity index (χ4n) is 11.7. The lowest BCUT2D eigenvalue weighted by atomic mass is 9.92. The van der Waals surface area contributed by atoms with E-state index in [2.05, 4.69) is 240 Å². The molecule has 16 aromatic rings. The Balaban J connectivity index is 0.935. The first kappa shape index (κ1) is 39.1. The molecule has 71 heavy (non-hydrogen) atoms. The van der Waals surface area contributed by atoms with Crippen LogP contribution in [0.2, 0.25) is 0 Å². The SMILES string of the molecule is c1ccc2c(c1)oc1c(-c3cc(-c4ccc5c(c4)c4ccccc4n5-c4cccc5c4sc4ccccc45)cc(-c4ccc5c6ccccc6n(-c6cccc7c6sc6ccccc67)c5c4)c3)cccc12. The van der Waals surface area contributed by atoms with E-state index in [1.807, 2.05) is 22.7 Å². The first-order chi connectivity index (χ1) is 35.2. The molecule has 0 saturated heterocycles. The van der Waals surface area contributed by atoms with E-state index < -0.39 is 0 Å². The summed E-state index contributed by atoms with van der Waals surface area (Å²) in [6.07, 6.45) is 0. The van der Waals surface area contributed by atoms with Crippen LogP contribution in [0.1, 0.15) is 0 Å². The van der Waals surface area contributed by atoms with E-state index in [4.69, 9.17) is 4.42 Å². The fraction of sp³-hybridized carbons (Fsp3) is 0. The molecule has 0 amide bonds. The van der Waals surface area contributed by atoms with E-state index in [9.17, 15) is 0 Å². The quantitative estimate of drug-likeness (QED) is 0.169. The van der Waals surface area contributed by atoms with Gasteiger partial charge in [-0.15, -0.1) is 22.7 Å². The standard InChI is InChI=1S/C66H38N2OS2/c1-6-23-55-45(14-1)47-32-30-40(38-60(47)68(55)59-26-13-22-53-50-18-5-10-29-63(50)71-66(53)59)42-34-41(35-43(36-42)44-19-11-20-51-48-16-3-8-27-61(48)69-64(44)51)39-31-33-57-54(37-39)46-15-2-7-24-56(46)67(57)58-25-12-21-52-49-17-4-9-28-62(49)70-65(52)58/h1-38H. The highest BCUT2D eigenvalue weighted by Gasteiger charge is 2.21. The zero-order chi connectivity index (χ0) is 46.3. The lowest BCUT2D eigenvalue weighted by Gasteiger charge is -2.14. The number of hydrogen-bond acceptors (Lipinski definition) is 3. The molecule has 0 radical (unpaired) electrons. The van der Waals surface area contributed by atoms with Gasteiger partial charge < -0.3 is 13.6 Å². The molecule has 0 atom stereocenters. The van der Waals surface area contributed by atoms with E-state index >= 15 is 0 Å². The number of para-hydroxylation sites is 4. The molecular formula is C66H38N2OS2. The molecule has 16 rings (SSSR count). The minimum Gasteiger partial charge on any atom is -0.455 e. The van der Waals surface area contributed by atoms with Crippen LogP contribution in [0, 0.1) is 0 Å². The third kappa shape index (κ3) is 5.70. The summed E-state index contributed by atoms with van der Waals surface area (Å²) < 4.78 is 16.9. The maximum absolute atomic E-state index is 6.74. The Morgan fingerprint density at radius 3 is 1.45 bits per heavy atom. The van der Waals surface area contributed by atoms with Crippen molar-refractivity contribution in [3.63, 3.8) is 0 Å². The third-order valence-corrected chi connectivity index (χ3v) is 17.3. The van der Waals surface area contributed by atoms with Gasteiger partial charge in [-0.05, 0) is 107 Å². The highest BCUT2D eigenvalue weighted by atomic mass is 32.1. The van der Waals surface area contributed by atoms with Gasteiger partial charge in [0.05, 0.1) is 42.8 Å². The van der Waals surface area contributed by atoms with Crippen molar-refractivity contribution in [3.05, 3.63) is 231 Å². The summed E-state index contributed by atoms with van der Waals surface area (Å²) in [6, 6.07) is 85.0. The van der Waals surface area contributed by atoms with Crippen molar-refractivity contribution in [2.75, 3.05) is 0 Å². The fourth-order valence-corrected chi connectivity index (χ4v) is 14.1. The predicted molar refractivity (Wildman–Crippen MR) is 304 cm³/mol. The lowest BCUT2D eigenvalue weighted by Crippen LogP contribution is -1.94. The normalized spacial score (nSPS) is 12.2. The number of furan rings is 1. The molecule has 11 aromatic carbocycles. The van der Waals surface area contributed by atoms with E-state index in [0.29, 0.717) is 0 Å². The Bertz CT molecular complexity index is 4900. The zero-order valence-corrected chi connectivity index (χ0v) is 39.7. The molecule has 0 aliphatic rings. The molecule has 5 heterocycles. The largest absolute Gasteiger partial charge is 0.455 e. The molecular weight excluding hydrogens is 901 g/mol. The molecule has 0 aliphatic carbocycles. The van der Waals surface area contributed by atoms with Gasteiger partial charge in [0.1, 0.15) is 11.2 Å². The van der Waals surface area contributed by atoms with Crippen LogP contribution in [0.15, 0.2) is 235 Å². The Labute approximate surface area is 414 Å². The highest BCUT2D eigenvalue weighted by molar-refractivity contribution is 7.26.